The number of pyridine rings is 1. The van der Waals surface area contributed by atoms with Crippen molar-refractivity contribution in [2.45, 2.75) is 68.8 Å². The summed E-state index contributed by atoms with van der Waals surface area (Å²) in [4.78, 5) is 4.64. The number of hydrogen-bond donors (Lipinski definition) is 1. The standard InChI is InChI=1S/C15H23NOS/c1-3-14(17)13-9-10-15(16-11(13)2)18-12-7-5-4-6-8-12/h9-10,12,14,17H,3-8H2,1-2H3/t14-/m1/s1. The van der Waals surface area contributed by atoms with Gasteiger partial charge in [-0.1, -0.05) is 32.3 Å². The van der Waals surface area contributed by atoms with E-state index in [1.807, 2.05) is 31.7 Å². The minimum Gasteiger partial charge on any atom is -0.388 e. The Morgan fingerprint density at radius 2 is 2.06 bits per heavy atom. The first kappa shape index (κ1) is 13.9. The number of hydrogen-bond acceptors (Lipinski definition) is 3. The van der Waals surface area contributed by atoms with Gasteiger partial charge in [0.1, 0.15) is 0 Å². The molecule has 0 spiro atoms. The quantitative estimate of drug-likeness (QED) is 0.883. The molecule has 0 saturated heterocycles. The highest BCUT2D eigenvalue weighted by Crippen LogP contribution is 2.33. The van der Waals surface area contributed by atoms with Crippen molar-refractivity contribution < 1.29 is 5.11 Å². The Bertz CT molecular complexity index is 388. The van der Waals surface area contributed by atoms with Crippen molar-refractivity contribution >= 4 is 11.8 Å². The SMILES string of the molecule is CC[C@@H](O)c1ccc(SC2CCCCC2)nc1C. The van der Waals surface area contributed by atoms with Crippen molar-refractivity contribution in [2.24, 2.45) is 0 Å². The Balaban J connectivity index is 2.03. The van der Waals surface area contributed by atoms with Crippen LogP contribution in [-0.4, -0.2) is 15.3 Å². The summed E-state index contributed by atoms with van der Waals surface area (Å²) in [6.45, 7) is 3.99. The molecule has 0 bridgehead atoms. The van der Waals surface area contributed by atoms with Crippen LogP contribution in [0.25, 0.3) is 0 Å². The zero-order valence-electron chi connectivity index (χ0n) is 11.4. The lowest BCUT2D eigenvalue weighted by Gasteiger charge is -2.21. The fourth-order valence-corrected chi connectivity index (χ4v) is 3.79. The zero-order chi connectivity index (χ0) is 13.0. The largest absolute Gasteiger partial charge is 0.388 e. The van der Waals surface area contributed by atoms with Gasteiger partial charge in [-0.3, -0.25) is 0 Å². The summed E-state index contributed by atoms with van der Waals surface area (Å²) in [5, 5.41) is 11.7. The van der Waals surface area contributed by atoms with Crippen molar-refractivity contribution in [2.75, 3.05) is 0 Å². The van der Waals surface area contributed by atoms with E-state index in [0.29, 0.717) is 0 Å². The van der Waals surface area contributed by atoms with E-state index in [9.17, 15) is 5.11 Å². The Kier molecular flexibility index (Phi) is 5.07. The summed E-state index contributed by atoms with van der Waals surface area (Å²) in [5.74, 6) is 0. The molecule has 1 heterocycles. The van der Waals surface area contributed by atoms with Gasteiger partial charge in [-0.2, -0.15) is 0 Å². The predicted molar refractivity (Wildman–Crippen MR) is 77.0 cm³/mol. The lowest BCUT2D eigenvalue weighted by Crippen LogP contribution is -2.08. The molecule has 1 aromatic heterocycles. The van der Waals surface area contributed by atoms with E-state index in [2.05, 4.69) is 11.1 Å². The fraction of sp³-hybridized carbons (Fsp3) is 0.667. The van der Waals surface area contributed by atoms with Crippen LogP contribution in [0.4, 0.5) is 0 Å². The second kappa shape index (κ2) is 6.58. The first-order valence-corrected chi connectivity index (χ1v) is 7.91. The third-order valence-corrected chi connectivity index (χ3v) is 4.96. The number of rotatable bonds is 4. The molecule has 18 heavy (non-hydrogen) atoms. The maximum absolute atomic E-state index is 9.88. The second-order valence-electron chi connectivity index (χ2n) is 5.13. The molecule has 100 valence electrons. The van der Waals surface area contributed by atoms with E-state index in [-0.39, 0.29) is 6.10 Å². The smallest absolute Gasteiger partial charge is 0.0965 e. The van der Waals surface area contributed by atoms with Crippen molar-refractivity contribution in [3.8, 4) is 0 Å². The maximum atomic E-state index is 9.88. The molecule has 1 aliphatic carbocycles. The first-order valence-electron chi connectivity index (χ1n) is 7.03. The summed E-state index contributed by atoms with van der Waals surface area (Å²) in [5.41, 5.74) is 1.95. The van der Waals surface area contributed by atoms with Crippen LogP contribution in [0.1, 0.15) is 62.8 Å². The van der Waals surface area contributed by atoms with Crippen molar-refractivity contribution in [1.82, 2.24) is 4.98 Å². The summed E-state index contributed by atoms with van der Waals surface area (Å²) in [7, 11) is 0. The number of nitrogens with zero attached hydrogens (tertiary/aromatic N) is 1. The molecular weight excluding hydrogens is 242 g/mol. The molecule has 1 saturated carbocycles. The van der Waals surface area contributed by atoms with Gasteiger partial charge in [-0.15, -0.1) is 11.8 Å². The van der Waals surface area contributed by atoms with E-state index in [1.54, 1.807) is 0 Å². The average Bonchev–Trinajstić information content (AvgIpc) is 2.39. The molecule has 0 amide bonds. The van der Waals surface area contributed by atoms with Crippen LogP contribution in [0.2, 0.25) is 0 Å². The third kappa shape index (κ3) is 3.48. The number of aliphatic hydroxyl groups is 1. The van der Waals surface area contributed by atoms with Crippen LogP contribution in [0.3, 0.4) is 0 Å². The Morgan fingerprint density at radius 1 is 1.33 bits per heavy atom. The Morgan fingerprint density at radius 3 is 2.67 bits per heavy atom. The topological polar surface area (TPSA) is 33.1 Å². The van der Waals surface area contributed by atoms with Gasteiger partial charge in [0.25, 0.3) is 0 Å². The number of aryl methyl sites for hydroxylation is 1. The van der Waals surface area contributed by atoms with Gasteiger partial charge in [0, 0.05) is 16.5 Å². The van der Waals surface area contributed by atoms with E-state index >= 15 is 0 Å². The highest BCUT2D eigenvalue weighted by Gasteiger charge is 2.16. The van der Waals surface area contributed by atoms with Crippen molar-refractivity contribution in [1.29, 1.82) is 0 Å². The van der Waals surface area contributed by atoms with Gasteiger partial charge in [-0.25, -0.2) is 4.98 Å². The molecular formula is C15H23NOS. The number of aliphatic hydroxyl groups excluding tert-OH is 1. The molecule has 2 nitrogen and oxygen atoms in total. The maximum Gasteiger partial charge on any atom is 0.0965 e. The van der Waals surface area contributed by atoms with E-state index < -0.39 is 0 Å². The van der Waals surface area contributed by atoms with Crippen LogP contribution in [0.5, 0.6) is 0 Å². The van der Waals surface area contributed by atoms with Gasteiger partial charge >= 0.3 is 0 Å². The van der Waals surface area contributed by atoms with Crippen LogP contribution in [-0.2, 0) is 0 Å². The van der Waals surface area contributed by atoms with Gasteiger partial charge in [-0.05, 0) is 32.3 Å². The molecule has 2 rings (SSSR count). The fourth-order valence-electron chi connectivity index (χ4n) is 2.54. The molecule has 0 unspecified atom stereocenters. The molecule has 0 aromatic carbocycles. The lowest BCUT2D eigenvalue weighted by atomic mass is 10.0. The Hall–Kier alpha value is -0.540. The normalized spacial score (nSPS) is 18.8. The van der Waals surface area contributed by atoms with Crippen LogP contribution < -0.4 is 0 Å². The highest BCUT2D eigenvalue weighted by molar-refractivity contribution is 7.99. The van der Waals surface area contributed by atoms with E-state index in [0.717, 1.165) is 28.0 Å². The van der Waals surface area contributed by atoms with Crippen LogP contribution in [0.15, 0.2) is 17.2 Å². The molecule has 0 radical (unpaired) electrons. The van der Waals surface area contributed by atoms with Gasteiger partial charge in [0.05, 0.1) is 11.1 Å². The van der Waals surface area contributed by atoms with Crippen molar-refractivity contribution in [3.05, 3.63) is 23.4 Å². The average molecular weight is 265 g/mol. The molecule has 0 aliphatic heterocycles. The number of aromatic nitrogens is 1. The molecule has 1 aliphatic rings. The summed E-state index contributed by atoms with van der Waals surface area (Å²) < 4.78 is 0. The van der Waals surface area contributed by atoms with E-state index in [1.165, 1.54) is 32.1 Å². The third-order valence-electron chi connectivity index (χ3n) is 3.69. The lowest BCUT2D eigenvalue weighted by molar-refractivity contribution is 0.172. The predicted octanol–water partition coefficient (Wildman–Crippen LogP) is 4.26. The van der Waals surface area contributed by atoms with Crippen LogP contribution in [0, 0.1) is 6.92 Å². The van der Waals surface area contributed by atoms with Gasteiger partial charge in [0.15, 0.2) is 0 Å². The highest BCUT2D eigenvalue weighted by atomic mass is 32.2. The van der Waals surface area contributed by atoms with Crippen molar-refractivity contribution in [3.63, 3.8) is 0 Å². The summed E-state index contributed by atoms with van der Waals surface area (Å²) in [6.07, 6.45) is 7.15. The summed E-state index contributed by atoms with van der Waals surface area (Å²) in [6, 6.07) is 4.11. The molecule has 3 heteroatoms. The summed E-state index contributed by atoms with van der Waals surface area (Å²) >= 11 is 1.91. The van der Waals surface area contributed by atoms with E-state index in [4.69, 9.17) is 0 Å². The molecule has 1 N–H and O–H groups in total. The second-order valence-corrected chi connectivity index (χ2v) is 6.45. The monoisotopic (exact) mass is 265 g/mol. The molecule has 1 fully saturated rings. The molecule has 1 atom stereocenters. The van der Waals surface area contributed by atoms with Gasteiger partial charge in [0.2, 0.25) is 0 Å². The van der Waals surface area contributed by atoms with Gasteiger partial charge < -0.3 is 5.11 Å². The first-order chi connectivity index (χ1) is 8.70. The molecule has 1 aromatic rings. The minimum absolute atomic E-state index is 0.369. The van der Waals surface area contributed by atoms with Crippen LogP contribution >= 0.6 is 11.8 Å². The number of thioether (sulfide) groups is 1. The minimum atomic E-state index is -0.369. The zero-order valence-corrected chi connectivity index (χ0v) is 12.2. The Labute approximate surface area is 114 Å².